The Hall–Kier alpha value is -2.04. The van der Waals surface area contributed by atoms with E-state index in [-0.39, 0.29) is 0 Å². The predicted octanol–water partition coefficient (Wildman–Crippen LogP) is 4.20. The summed E-state index contributed by atoms with van der Waals surface area (Å²) in [7, 11) is 0. The number of aryl methyl sites for hydroxylation is 2. The van der Waals surface area contributed by atoms with Crippen molar-refractivity contribution in [1.82, 2.24) is 10.1 Å². The van der Waals surface area contributed by atoms with Crippen LogP contribution in [0.1, 0.15) is 62.0 Å². The number of pyridine rings is 1. The first-order valence-electron chi connectivity index (χ1n) is 8.48. The fourth-order valence-electron chi connectivity index (χ4n) is 3.84. The molecule has 0 aromatic carbocycles. The highest BCUT2D eigenvalue weighted by Gasteiger charge is 2.25. The standard InChI is InChI=1S/C18H26N4O/c1-10(13-7-5-4-6-8-13)14-9-15(21-18(20)17(14)19)16-11(2)22-23-12(16)3/h9-10,13H,4-8,19H2,1-3H3,(H2,20,21)/t10-/m0/s1. The third-order valence-electron chi connectivity index (χ3n) is 5.26. The van der Waals surface area contributed by atoms with Crippen LogP contribution in [0.5, 0.6) is 0 Å². The van der Waals surface area contributed by atoms with Crippen molar-refractivity contribution in [3.63, 3.8) is 0 Å². The van der Waals surface area contributed by atoms with Gasteiger partial charge in [-0.05, 0) is 50.2 Å². The minimum Gasteiger partial charge on any atom is -0.396 e. The molecule has 124 valence electrons. The molecule has 2 aromatic rings. The van der Waals surface area contributed by atoms with Gasteiger partial charge in [-0.15, -0.1) is 0 Å². The largest absolute Gasteiger partial charge is 0.396 e. The average Bonchev–Trinajstić information content (AvgIpc) is 2.89. The van der Waals surface area contributed by atoms with Crippen molar-refractivity contribution < 1.29 is 4.52 Å². The third-order valence-corrected chi connectivity index (χ3v) is 5.26. The van der Waals surface area contributed by atoms with Gasteiger partial charge >= 0.3 is 0 Å². The van der Waals surface area contributed by atoms with E-state index in [9.17, 15) is 0 Å². The molecule has 1 saturated carbocycles. The second-order valence-electron chi connectivity index (χ2n) is 6.78. The Bertz CT molecular complexity index is 682. The summed E-state index contributed by atoms with van der Waals surface area (Å²) in [5.41, 5.74) is 16.7. The van der Waals surface area contributed by atoms with Crippen LogP contribution >= 0.6 is 0 Å². The van der Waals surface area contributed by atoms with Crippen LogP contribution in [0.4, 0.5) is 11.5 Å². The van der Waals surface area contributed by atoms with Gasteiger partial charge in [0.25, 0.3) is 0 Å². The van der Waals surface area contributed by atoms with Gasteiger partial charge < -0.3 is 16.0 Å². The van der Waals surface area contributed by atoms with Crippen LogP contribution < -0.4 is 11.5 Å². The van der Waals surface area contributed by atoms with E-state index in [1.807, 2.05) is 13.8 Å². The van der Waals surface area contributed by atoms with Crippen molar-refractivity contribution in [2.24, 2.45) is 5.92 Å². The molecule has 5 nitrogen and oxygen atoms in total. The molecule has 0 saturated heterocycles. The molecule has 1 aliphatic rings. The van der Waals surface area contributed by atoms with Crippen LogP contribution in [0.25, 0.3) is 11.3 Å². The molecule has 1 atom stereocenters. The molecule has 0 radical (unpaired) electrons. The Labute approximate surface area is 137 Å². The number of rotatable bonds is 3. The van der Waals surface area contributed by atoms with Gasteiger partial charge in [-0.1, -0.05) is 31.3 Å². The highest BCUT2D eigenvalue weighted by molar-refractivity contribution is 5.73. The SMILES string of the molecule is Cc1noc(C)c1-c1cc([C@@H](C)C2CCCCC2)c(N)c(N)n1. The minimum absolute atomic E-state index is 0.389. The average molecular weight is 314 g/mol. The zero-order valence-corrected chi connectivity index (χ0v) is 14.2. The molecule has 3 rings (SSSR count). The Morgan fingerprint density at radius 3 is 2.48 bits per heavy atom. The van der Waals surface area contributed by atoms with Crippen molar-refractivity contribution in [1.29, 1.82) is 0 Å². The maximum atomic E-state index is 6.26. The van der Waals surface area contributed by atoms with E-state index < -0.39 is 0 Å². The molecule has 1 aliphatic carbocycles. The number of aromatic nitrogens is 2. The lowest BCUT2D eigenvalue weighted by atomic mass is 9.77. The first-order chi connectivity index (χ1) is 11.0. The van der Waals surface area contributed by atoms with Gasteiger partial charge in [0.05, 0.1) is 22.6 Å². The number of nitrogens with two attached hydrogens (primary N) is 2. The molecule has 4 N–H and O–H groups in total. The molecule has 2 heterocycles. The number of anilines is 2. The van der Waals surface area contributed by atoms with Gasteiger partial charge in [0, 0.05) is 0 Å². The first kappa shape index (κ1) is 15.8. The number of nitrogens with zero attached hydrogens (tertiary/aromatic N) is 2. The van der Waals surface area contributed by atoms with E-state index in [0.29, 0.717) is 23.3 Å². The summed E-state index contributed by atoms with van der Waals surface area (Å²) in [5, 5.41) is 4.02. The van der Waals surface area contributed by atoms with Crippen LogP contribution in [0.3, 0.4) is 0 Å². The van der Waals surface area contributed by atoms with Crippen LogP contribution in [0.15, 0.2) is 10.6 Å². The van der Waals surface area contributed by atoms with Crippen molar-refractivity contribution in [2.75, 3.05) is 11.5 Å². The van der Waals surface area contributed by atoms with Crippen molar-refractivity contribution in [3.8, 4) is 11.3 Å². The molecule has 0 bridgehead atoms. The highest BCUT2D eigenvalue weighted by atomic mass is 16.5. The van der Waals surface area contributed by atoms with Crippen LogP contribution in [0.2, 0.25) is 0 Å². The summed E-state index contributed by atoms with van der Waals surface area (Å²) in [4.78, 5) is 4.48. The van der Waals surface area contributed by atoms with Gasteiger partial charge in [0.15, 0.2) is 0 Å². The quantitative estimate of drug-likeness (QED) is 0.886. The second kappa shape index (κ2) is 6.22. The maximum Gasteiger partial charge on any atom is 0.147 e. The predicted molar refractivity (Wildman–Crippen MR) is 93.0 cm³/mol. The Morgan fingerprint density at radius 2 is 1.87 bits per heavy atom. The van der Waals surface area contributed by atoms with E-state index in [1.165, 1.54) is 32.1 Å². The van der Waals surface area contributed by atoms with Crippen molar-refractivity contribution >= 4 is 11.5 Å². The van der Waals surface area contributed by atoms with Crippen LogP contribution in [-0.4, -0.2) is 10.1 Å². The van der Waals surface area contributed by atoms with E-state index in [2.05, 4.69) is 23.1 Å². The van der Waals surface area contributed by atoms with Gasteiger partial charge in [0.2, 0.25) is 0 Å². The zero-order valence-electron chi connectivity index (χ0n) is 14.2. The van der Waals surface area contributed by atoms with Gasteiger partial charge in [-0.3, -0.25) is 0 Å². The fourth-order valence-corrected chi connectivity index (χ4v) is 3.84. The van der Waals surface area contributed by atoms with E-state index >= 15 is 0 Å². The lowest BCUT2D eigenvalue weighted by Gasteiger charge is -2.29. The number of nitrogen functional groups attached to an aromatic ring is 2. The molecule has 0 amide bonds. The summed E-state index contributed by atoms with van der Waals surface area (Å²) >= 11 is 0. The Morgan fingerprint density at radius 1 is 1.17 bits per heavy atom. The lowest BCUT2D eigenvalue weighted by Crippen LogP contribution is -2.16. The van der Waals surface area contributed by atoms with Crippen LogP contribution in [0, 0.1) is 19.8 Å². The number of hydrogen-bond donors (Lipinski definition) is 2. The van der Waals surface area contributed by atoms with Crippen molar-refractivity contribution in [2.45, 2.75) is 58.8 Å². The number of hydrogen-bond acceptors (Lipinski definition) is 5. The molecule has 2 aromatic heterocycles. The molecule has 0 unspecified atom stereocenters. The maximum absolute atomic E-state index is 6.26. The zero-order chi connectivity index (χ0) is 16.6. The molecule has 23 heavy (non-hydrogen) atoms. The van der Waals surface area contributed by atoms with E-state index in [0.717, 1.165) is 28.3 Å². The molecule has 0 aliphatic heterocycles. The topological polar surface area (TPSA) is 91.0 Å². The smallest absolute Gasteiger partial charge is 0.147 e. The highest BCUT2D eigenvalue weighted by Crippen LogP contribution is 2.40. The first-order valence-corrected chi connectivity index (χ1v) is 8.48. The Balaban J connectivity index is 2.03. The summed E-state index contributed by atoms with van der Waals surface area (Å²) in [6, 6.07) is 2.08. The fraction of sp³-hybridized carbons (Fsp3) is 0.556. The molecular formula is C18H26N4O. The summed E-state index contributed by atoms with van der Waals surface area (Å²) in [5.74, 6) is 2.22. The van der Waals surface area contributed by atoms with Crippen LogP contribution in [-0.2, 0) is 0 Å². The van der Waals surface area contributed by atoms with Gasteiger partial charge in [-0.25, -0.2) is 4.98 Å². The Kier molecular flexibility index (Phi) is 4.28. The van der Waals surface area contributed by atoms with E-state index in [1.54, 1.807) is 0 Å². The monoisotopic (exact) mass is 314 g/mol. The lowest BCUT2D eigenvalue weighted by molar-refractivity contribution is 0.316. The summed E-state index contributed by atoms with van der Waals surface area (Å²) in [6.07, 6.45) is 6.51. The summed E-state index contributed by atoms with van der Waals surface area (Å²) < 4.78 is 5.27. The molecule has 1 fully saturated rings. The van der Waals surface area contributed by atoms with Gasteiger partial charge in [-0.2, -0.15) is 0 Å². The molecule has 0 spiro atoms. The van der Waals surface area contributed by atoms with Crippen molar-refractivity contribution in [3.05, 3.63) is 23.1 Å². The normalized spacial score (nSPS) is 17.3. The van der Waals surface area contributed by atoms with Gasteiger partial charge in [0.1, 0.15) is 11.6 Å². The second-order valence-corrected chi connectivity index (χ2v) is 6.78. The summed E-state index contributed by atoms with van der Waals surface area (Å²) in [6.45, 7) is 6.08. The minimum atomic E-state index is 0.389. The molecular weight excluding hydrogens is 288 g/mol. The third kappa shape index (κ3) is 2.92. The molecule has 5 heteroatoms. The van der Waals surface area contributed by atoms with E-state index in [4.69, 9.17) is 16.0 Å².